The van der Waals surface area contributed by atoms with E-state index >= 15 is 0 Å². The molecule has 0 spiro atoms. The molecule has 1 aliphatic heterocycles. The van der Waals surface area contributed by atoms with Gasteiger partial charge in [-0.2, -0.15) is 0 Å². The maximum Gasteiger partial charge on any atom is 0.351 e. The Morgan fingerprint density at radius 3 is 2.35 bits per heavy atom. The van der Waals surface area contributed by atoms with Crippen LogP contribution in [0.15, 0.2) is 112 Å². The van der Waals surface area contributed by atoms with Crippen molar-refractivity contribution in [2.45, 2.75) is 44.4 Å². The number of para-hydroxylation sites is 1. The van der Waals surface area contributed by atoms with Crippen LogP contribution in [0.1, 0.15) is 57.7 Å². The van der Waals surface area contributed by atoms with Crippen molar-refractivity contribution in [3.63, 3.8) is 0 Å². The molecular weight excluding hydrogens is 708 g/mol. The van der Waals surface area contributed by atoms with Crippen molar-refractivity contribution in [2.75, 3.05) is 31.8 Å². The number of ether oxygens (including phenoxy) is 4. The normalized spacial score (nSPS) is 16.1. The maximum atomic E-state index is 14.5. The molecule has 1 aliphatic rings. The van der Waals surface area contributed by atoms with Gasteiger partial charge in [-0.1, -0.05) is 48.5 Å². The number of carbonyl (C=O) groups excluding carboxylic acids is 4. The van der Waals surface area contributed by atoms with Gasteiger partial charge >= 0.3 is 17.6 Å². The second-order valence-electron chi connectivity index (χ2n) is 12.7. The summed E-state index contributed by atoms with van der Waals surface area (Å²) in [5.41, 5.74) is 0.438. The van der Waals surface area contributed by atoms with E-state index in [2.05, 4.69) is 5.32 Å². The molecule has 0 saturated heterocycles. The van der Waals surface area contributed by atoms with Gasteiger partial charge in [0.25, 0.3) is 5.91 Å². The van der Waals surface area contributed by atoms with Crippen molar-refractivity contribution in [3.8, 4) is 11.5 Å². The zero-order valence-electron chi connectivity index (χ0n) is 30.3. The maximum absolute atomic E-state index is 14.5. The lowest BCUT2D eigenvalue weighted by Crippen LogP contribution is -2.58. The summed E-state index contributed by atoms with van der Waals surface area (Å²) in [7, 11) is 1.53. The van der Waals surface area contributed by atoms with E-state index in [1.807, 2.05) is 0 Å². The molecular formula is C42H40N2O11. The lowest BCUT2D eigenvalue weighted by atomic mass is 9.85. The van der Waals surface area contributed by atoms with Crippen LogP contribution in [0.3, 0.4) is 0 Å². The van der Waals surface area contributed by atoms with Gasteiger partial charge < -0.3 is 38.7 Å². The van der Waals surface area contributed by atoms with Crippen LogP contribution in [0.5, 0.6) is 11.5 Å². The van der Waals surface area contributed by atoms with Gasteiger partial charge in [0.15, 0.2) is 0 Å². The second kappa shape index (κ2) is 17.6. The minimum Gasteiger partial charge on any atom is -0.497 e. The number of aliphatic hydroxyl groups excluding tert-OH is 1. The van der Waals surface area contributed by atoms with Crippen molar-refractivity contribution in [3.05, 3.63) is 136 Å². The van der Waals surface area contributed by atoms with Crippen molar-refractivity contribution < 1.29 is 47.6 Å². The number of rotatable bonds is 14. The molecule has 0 bridgehead atoms. The van der Waals surface area contributed by atoms with E-state index in [1.54, 1.807) is 104 Å². The summed E-state index contributed by atoms with van der Waals surface area (Å²) < 4.78 is 28.1. The zero-order valence-corrected chi connectivity index (χ0v) is 30.3. The summed E-state index contributed by atoms with van der Waals surface area (Å²) in [5.74, 6) is -1.85. The molecule has 3 atom stereocenters. The number of hydrogen-bond donors (Lipinski definition) is 2. The number of benzene rings is 4. The number of hydrogen-bond acceptors (Lipinski definition) is 11. The Labute approximate surface area is 316 Å². The van der Waals surface area contributed by atoms with Crippen LogP contribution in [0.2, 0.25) is 0 Å². The minimum absolute atomic E-state index is 0.0356. The second-order valence-corrected chi connectivity index (χ2v) is 12.7. The van der Waals surface area contributed by atoms with Crippen LogP contribution in [0, 0.1) is 0 Å². The van der Waals surface area contributed by atoms with Gasteiger partial charge in [0, 0.05) is 29.5 Å². The van der Waals surface area contributed by atoms with E-state index in [0.29, 0.717) is 40.1 Å². The Morgan fingerprint density at radius 1 is 0.891 bits per heavy atom. The minimum atomic E-state index is -1.46. The summed E-state index contributed by atoms with van der Waals surface area (Å²) in [4.78, 5) is 70.5. The quantitative estimate of drug-likeness (QED) is 0.0873. The number of nitrogens with one attached hydrogen (secondary N) is 1. The summed E-state index contributed by atoms with van der Waals surface area (Å²) in [6, 6.07) is 25.7. The lowest BCUT2D eigenvalue weighted by molar-refractivity contribution is -0.144. The molecule has 55 heavy (non-hydrogen) atoms. The van der Waals surface area contributed by atoms with Gasteiger partial charge in [0.2, 0.25) is 5.91 Å². The van der Waals surface area contributed by atoms with Gasteiger partial charge in [-0.05, 0) is 67.1 Å². The monoisotopic (exact) mass is 748 g/mol. The number of esters is 2. The molecule has 0 unspecified atom stereocenters. The van der Waals surface area contributed by atoms with Crippen LogP contribution in [0.25, 0.3) is 11.0 Å². The summed E-state index contributed by atoms with van der Waals surface area (Å²) in [5, 5.41) is 12.8. The van der Waals surface area contributed by atoms with Crippen molar-refractivity contribution >= 4 is 40.4 Å². The van der Waals surface area contributed by atoms with Crippen LogP contribution in [-0.4, -0.2) is 67.9 Å². The number of methoxy groups -OCH3 is 1. The third-order valence-electron chi connectivity index (χ3n) is 9.07. The molecule has 0 saturated carbocycles. The largest absolute Gasteiger partial charge is 0.497 e. The Hall–Kier alpha value is -6.47. The van der Waals surface area contributed by atoms with E-state index in [4.69, 9.17) is 23.4 Å². The Bertz CT molecular complexity index is 2220. The molecule has 5 aromatic rings. The topological polar surface area (TPSA) is 171 Å². The number of amides is 2. The fourth-order valence-electron chi connectivity index (χ4n) is 6.50. The van der Waals surface area contributed by atoms with Crippen molar-refractivity contribution in [1.82, 2.24) is 5.32 Å². The molecule has 284 valence electrons. The molecule has 4 aromatic carbocycles. The molecule has 2 N–H and O–H groups in total. The van der Waals surface area contributed by atoms with E-state index in [0.717, 1.165) is 0 Å². The van der Waals surface area contributed by atoms with Crippen molar-refractivity contribution in [1.29, 1.82) is 0 Å². The van der Waals surface area contributed by atoms with Gasteiger partial charge in [-0.25, -0.2) is 9.59 Å². The molecule has 2 amide bonds. The molecule has 0 aliphatic carbocycles. The summed E-state index contributed by atoms with van der Waals surface area (Å²) in [6.45, 7) is 1.73. The highest BCUT2D eigenvalue weighted by atomic mass is 16.6. The van der Waals surface area contributed by atoms with Crippen LogP contribution < -0.4 is 25.3 Å². The average Bonchev–Trinajstić information content (AvgIpc) is 3.19. The number of nitrogens with zero attached hydrogens (tertiary/aromatic N) is 1. The first kappa shape index (κ1) is 38.3. The first-order chi connectivity index (χ1) is 26.7. The number of aliphatic hydroxyl groups is 1. The predicted molar refractivity (Wildman–Crippen MR) is 201 cm³/mol. The molecule has 0 fully saturated rings. The Kier molecular flexibility index (Phi) is 12.2. The predicted octanol–water partition coefficient (Wildman–Crippen LogP) is 5.17. The van der Waals surface area contributed by atoms with Crippen LogP contribution >= 0.6 is 0 Å². The van der Waals surface area contributed by atoms with Gasteiger partial charge in [-0.15, -0.1) is 0 Å². The molecule has 1 aromatic heterocycles. The van der Waals surface area contributed by atoms with Gasteiger partial charge in [0.05, 0.1) is 50.9 Å². The van der Waals surface area contributed by atoms with Crippen LogP contribution in [0.4, 0.5) is 5.69 Å². The lowest BCUT2D eigenvalue weighted by Gasteiger charge is -2.45. The van der Waals surface area contributed by atoms with E-state index in [9.17, 15) is 29.1 Å². The van der Waals surface area contributed by atoms with Crippen LogP contribution in [-0.2, 0) is 25.5 Å². The SMILES string of the molecule is CCOC(=O)C[C@H]1[C@H](OC(=O)c2cc3ccccc3oc2=O)[C@@H](NC(=O)Cc2ccc(OC)cc2)c2cc(OCCCO)ccc2N1C(=O)c1ccccc1. The highest BCUT2D eigenvalue weighted by molar-refractivity contribution is 6.08. The highest BCUT2D eigenvalue weighted by Crippen LogP contribution is 2.43. The number of carbonyl (C=O) groups is 4. The van der Waals surface area contributed by atoms with E-state index in [1.165, 1.54) is 18.1 Å². The summed E-state index contributed by atoms with van der Waals surface area (Å²) in [6.07, 6.45) is -1.66. The Morgan fingerprint density at radius 2 is 1.62 bits per heavy atom. The first-order valence-electron chi connectivity index (χ1n) is 17.8. The third kappa shape index (κ3) is 8.85. The first-order valence-corrected chi connectivity index (χ1v) is 17.8. The van der Waals surface area contributed by atoms with Crippen molar-refractivity contribution in [2.24, 2.45) is 0 Å². The van der Waals surface area contributed by atoms with Gasteiger partial charge in [-0.3, -0.25) is 14.4 Å². The Balaban J connectivity index is 1.50. The fraction of sp³-hybridized carbons (Fsp3) is 0.262. The molecule has 6 rings (SSSR count). The third-order valence-corrected chi connectivity index (χ3v) is 9.07. The van der Waals surface area contributed by atoms with E-state index in [-0.39, 0.29) is 37.4 Å². The standard InChI is InChI=1S/C42H40N2O11/c1-3-52-37(47)25-34-39(55-42(50)32-23-28-12-7-8-13-35(28)54-41(32)49)38(43-36(46)22-26-14-16-29(51-2)17-15-26)31-24-30(53-21-9-20-45)18-19-33(31)44(34)40(48)27-10-5-4-6-11-27/h4-8,10-19,23-24,34,38-39,45H,3,9,20-22,25H2,1-2H3,(H,43,46)/t34-,38-,39-/m0/s1. The number of fused-ring (bicyclic) bond motifs is 2. The fourth-order valence-corrected chi connectivity index (χ4v) is 6.50. The molecule has 0 radical (unpaired) electrons. The summed E-state index contributed by atoms with van der Waals surface area (Å²) >= 11 is 0. The molecule has 13 heteroatoms. The zero-order chi connectivity index (χ0) is 38.9. The van der Waals surface area contributed by atoms with E-state index < -0.39 is 59.6 Å². The molecule has 2 heterocycles. The average molecular weight is 749 g/mol. The molecule has 13 nitrogen and oxygen atoms in total. The van der Waals surface area contributed by atoms with Gasteiger partial charge in [0.1, 0.15) is 28.7 Å². The smallest absolute Gasteiger partial charge is 0.351 e. The number of anilines is 1. The highest BCUT2D eigenvalue weighted by Gasteiger charge is 2.48.